The van der Waals surface area contributed by atoms with Crippen LogP contribution in [-0.2, 0) is 9.84 Å². The van der Waals surface area contributed by atoms with Crippen LogP contribution in [0.15, 0.2) is 0 Å². The number of sulfone groups is 1. The molecule has 1 N–H and O–H groups in total. The number of rotatable bonds is 3. The number of hydrogen-bond donors (Lipinski definition) is 1. The molecule has 0 unspecified atom stereocenters. The molecule has 0 amide bonds. The van der Waals surface area contributed by atoms with E-state index in [2.05, 4.69) is 10.2 Å². The van der Waals surface area contributed by atoms with Crippen LogP contribution in [0.5, 0.6) is 0 Å². The molecule has 1 aliphatic carbocycles. The van der Waals surface area contributed by atoms with Crippen molar-refractivity contribution in [2.45, 2.75) is 24.0 Å². The van der Waals surface area contributed by atoms with Crippen LogP contribution < -0.4 is 5.32 Å². The summed E-state index contributed by atoms with van der Waals surface area (Å²) in [4.78, 5) is 2.29. The van der Waals surface area contributed by atoms with Gasteiger partial charge in [0.2, 0.25) is 0 Å². The van der Waals surface area contributed by atoms with E-state index in [0.29, 0.717) is 0 Å². The molecular formula is C10H20N2O2S. The summed E-state index contributed by atoms with van der Waals surface area (Å²) in [7, 11) is -2.89. The summed E-state index contributed by atoms with van der Waals surface area (Å²) in [5.74, 6) is 0. The molecule has 5 heteroatoms. The van der Waals surface area contributed by atoms with Crippen LogP contribution in [0.4, 0.5) is 0 Å². The van der Waals surface area contributed by atoms with Crippen molar-refractivity contribution >= 4 is 9.84 Å². The summed E-state index contributed by atoms with van der Waals surface area (Å²) in [6, 6.07) is 0. The van der Waals surface area contributed by atoms with Crippen molar-refractivity contribution in [2.75, 3.05) is 39.0 Å². The van der Waals surface area contributed by atoms with Crippen LogP contribution in [0.2, 0.25) is 0 Å². The van der Waals surface area contributed by atoms with Crippen LogP contribution in [0.3, 0.4) is 0 Å². The Balaban J connectivity index is 2.01. The van der Waals surface area contributed by atoms with Crippen molar-refractivity contribution < 1.29 is 8.42 Å². The van der Waals surface area contributed by atoms with Gasteiger partial charge >= 0.3 is 0 Å². The molecule has 1 saturated carbocycles. The van der Waals surface area contributed by atoms with E-state index in [0.717, 1.165) is 52.0 Å². The SMILES string of the molecule is CS(=O)(=O)C1(CN2CCNCC2)CCC1. The van der Waals surface area contributed by atoms with Gasteiger partial charge in [0.1, 0.15) is 0 Å². The Kier molecular flexibility index (Phi) is 3.05. The monoisotopic (exact) mass is 232 g/mol. The topological polar surface area (TPSA) is 49.4 Å². The van der Waals surface area contributed by atoms with Gasteiger partial charge in [0, 0.05) is 39.0 Å². The van der Waals surface area contributed by atoms with Crippen molar-refractivity contribution in [1.82, 2.24) is 10.2 Å². The summed E-state index contributed by atoms with van der Waals surface area (Å²) in [5, 5.41) is 3.28. The second-order valence-corrected chi connectivity index (χ2v) is 7.25. The van der Waals surface area contributed by atoms with E-state index in [9.17, 15) is 8.42 Å². The quantitative estimate of drug-likeness (QED) is 0.736. The third-order valence-electron chi connectivity index (χ3n) is 3.77. The van der Waals surface area contributed by atoms with Gasteiger partial charge in [-0.2, -0.15) is 0 Å². The molecule has 0 bridgehead atoms. The predicted molar refractivity (Wildman–Crippen MR) is 60.7 cm³/mol. The third kappa shape index (κ3) is 2.19. The highest BCUT2D eigenvalue weighted by Gasteiger charge is 2.47. The molecule has 0 aromatic heterocycles. The van der Waals surface area contributed by atoms with Crippen LogP contribution in [0.25, 0.3) is 0 Å². The maximum atomic E-state index is 11.8. The predicted octanol–water partition coefficient (Wildman–Crippen LogP) is -0.141. The average Bonchev–Trinajstić information content (AvgIpc) is 2.11. The van der Waals surface area contributed by atoms with E-state index in [1.54, 1.807) is 0 Å². The Labute approximate surface area is 91.9 Å². The highest BCUT2D eigenvalue weighted by molar-refractivity contribution is 7.92. The smallest absolute Gasteiger partial charge is 0.154 e. The first-order chi connectivity index (χ1) is 7.04. The van der Waals surface area contributed by atoms with Gasteiger partial charge in [-0.05, 0) is 12.8 Å². The maximum Gasteiger partial charge on any atom is 0.154 e. The van der Waals surface area contributed by atoms with Gasteiger partial charge in [-0.15, -0.1) is 0 Å². The van der Waals surface area contributed by atoms with Crippen LogP contribution in [0, 0.1) is 0 Å². The number of nitrogens with zero attached hydrogens (tertiary/aromatic N) is 1. The molecule has 4 nitrogen and oxygen atoms in total. The fourth-order valence-electron chi connectivity index (χ4n) is 2.49. The fourth-order valence-corrected chi connectivity index (χ4v) is 3.94. The summed E-state index contributed by atoms with van der Waals surface area (Å²) < 4.78 is 23.1. The third-order valence-corrected chi connectivity index (χ3v) is 5.88. The minimum Gasteiger partial charge on any atom is -0.314 e. The lowest BCUT2D eigenvalue weighted by atomic mass is 9.83. The van der Waals surface area contributed by atoms with E-state index in [-0.39, 0.29) is 0 Å². The molecule has 0 aromatic rings. The Bertz CT molecular complexity index is 316. The second kappa shape index (κ2) is 4.03. The van der Waals surface area contributed by atoms with E-state index in [4.69, 9.17) is 0 Å². The Morgan fingerprint density at radius 1 is 1.27 bits per heavy atom. The van der Waals surface area contributed by atoms with E-state index in [1.165, 1.54) is 6.26 Å². The van der Waals surface area contributed by atoms with Gasteiger partial charge in [0.15, 0.2) is 9.84 Å². The van der Waals surface area contributed by atoms with Gasteiger partial charge in [-0.1, -0.05) is 6.42 Å². The van der Waals surface area contributed by atoms with Crippen LogP contribution >= 0.6 is 0 Å². The minimum atomic E-state index is -2.89. The van der Waals surface area contributed by atoms with Crippen molar-refractivity contribution in [3.05, 3.63) is 0 Å². The highest BCUT2D eigenvalue weighted by Crippen LogP contribution is 2.39. The van der Waals surface area contributed by atoms with Crippen molar-refractivity contribution in [3.8, 4) is 0 Å². The van der Waals surface area contributed by atoms with Gasteiger partial charge in [0.05, 0.1) is 4.75 Å². The zero-order valence-electron chi connectivity index (χ0n) is 9.33. The Morgan fingerprint density at radius 2 is 1.87 bits per heavy atom. The molecule has 1 heterocycles. The summed E-state index contributed by atoms with van der Waals surface area (Å²) >= 11 is 0. The largest absolute Gasteiger partial charge is 0.314 e. The van der Waals surface area contributed by atoms with E-state index in [1.807, 2.05) is 0 Å². The molecule has 2 fully saturated rings. The first-order valence-corrected chi connectivity index (χ1v) is 7.55. The van der Waals surface area contributed by atoms with Crippen molar-refractivity contribution in [3.63, 3.8) is 0 Å². The molecule has 1 aliphatic heterocycles. The summed E-state index contributed by atoms with van der Waals surface area (Å²) in [6.07, 6.45) is 4.18. The normalized spacial score (nSPS) is 27.3. The maximum absolute atomic E-state index is 11.8. The molecule has 0 spiro atoms. The standard InChI is InChI=1S/C10H20N2O2S/c1-15(13,14)10(3-2-4-10)9-12-7-5-11-6-8-12/h11H,2-9H2,1H3. The molecular weight excluding hydrogens is 212 g/mol. The van der Waals surface area contributed by atoms with Crippen LogP contribution in [-0.4, -0.2) is 57.0 Å². The lowest BCUT2D eigenvalue weighted by Gasteiger charge is -2.44. The number of nitrogens with one attached hydrogen (secondary N) is 1. The fraction of sp³-hybridized carbons (Fsp3) is 1.00. The van der Waals surface area contributed by atoms with Gasteiger partial charge in [-0.3, -0.25) is 4.90 Å². The second-order valence-electron chi connectivity index (χ2n) is 4.83. The minimum absolute atomic E-state index is 0.412. The Hall–Kier alpha value is -0.130. The zero-order chi connectivity index (χ0) is 10.9. The van der Waals surface area contributed by atoms with Gasteiger partial charge in [-0.25, -0.2) is 8.42 Å². The van der Waals surface area contributed by atoms with Crippen LogP contribution in [0.1, 0.15) is 19.3 Å². The molecule has 0 atom stereocenters. The van der Waals surface area contributed by atoms with Gasteiger partial charge < -0.3 is 5.32 Å². The van der Waals surface area contributed by atoms with E-state index >= 15 is 0 Å². The highest BCUT2D eigenvalue weighted by atomic mass is 32.2. The summed E-state index contributed by atoms with van der Waals surface area (Å²) in [5.41, 5.74) is 0. The molecule has 0 aromatic carbocycles. The summed E-state index contributed by atoms with van der Waals surface area (Å²) in [6.45, 7) is 4.68. The molecule has 0 radical (unpaired) electrons. The zero-order valence-corrected chi connectivity index (χ0v) is 10.1. The van der Waals surface area contributed by atoms with E-state index < -0.39 is 14.6 Å². The first kappa shape index (κ1) is 11.4. The molecule has 2 rings (SSSR count). The number of piperazine rings is 1. The van der Waals surface area contributed by atoms with Gasteiger partial charge in [0.25, 0.3) is 0 Å². The van der Waals surface area contributed by atoms with Crippen molar-refractivity contribution in [1.29, 1.82) is 0 Å². The molecule has 1 saturated heterocycles. The lowest BCUT2D eigenvalue weighted by Crippen LogP contribution is -2.56. The molecule has 15 heavy (non-hydrogen) atoms. The molecule has 88 valence electrons. The molecule has 2 aliphatic rings. The number of hydrogen-bond acceptors (Lipinski definition) is 4. The first-order valence-electron chi connectivity index (χ1n) is 5.66. The van der Waals surface area contributed by atoms with Crippen molar-refractivity contribution in [2.24, 2.45) is 0 Å². The Morgan fingerprint density at radius 3 is 2.27 bits per heavy atom. The average molecular weight is 232 g/mol. The lowest BCUT2D eigenvalue weighted by molar-refractivity contribution is 0.177.